The third-order valence-corrected chi connectivity index (χ3v) is 3.24. The molecule has 0 aliphatic carbocycles. The fourth-order valence-electron chi connectivity index (χ4n) is 2.08. The van der Waals surface area contributed by atoms with Crippen LogP contribution in [0.5, 0.6) is 0 Å². The second kappa shape index (κ2) is 8.98. The molecule has 1 N–H and O–H groups in total. The van der Waals surface area contributed by atoms with Crippen molar-refractivity contribution in [3.63, 3.8) is 0 Å². The molecule has 0 aliphatic heterocycles. The maximum atomic E-state index is 3.46. The van der Waals surface area contributed by atoms with E-state index < -0.39 is 0 Å². The lowest BCUT2D eigenvalue weighted by atomic mass is 10.2. The van der Waals surface area contributed by atoms with Gasteiger partial charge in [-0.3, -0.25) is 0 Å². The number of rotatable bonds is 9. The minimum Gasteiger partial charge on any atom is -0.372 e. The quantitative estimate of drug-likeness (QED) is 0.672. The van der Waals surface area contributed by atoms with Crippen molar-refractivity contribution in [2.24, 2.45) is 0 Å². The summed E-state index contributed by atoms with van der Waals surface area (Å²) >= 11 is 0. The first-order chi connectivity index (χ1) is 8.77. The summed E-state index contributed by atoms with van der Waals surface area (Å²) in [4.78, 5) is 2.46. The normalized spacial score (nSPS) is 10.6. The molecule has 1 rings (SSSR count). The fourth-order valence-corrected chi connectivity index (χ4v) is 2.08. The summed E-state index contributed by atoms with van der Waals surface area (Å²) in [6.07, 6.45) is 3.76. The van der Waals surface area contributed by atoms with Gasteiger partial charge in [-0.05, 0) is 58.3 Å². The number of nitrogens with zero attached hydrogens (tertiary/aromatic N) is 1. The zero-order valence-corrected chi connectivity index (χ0v) is 12.2. The van der Waals surface area contributed by atoms with Crippen molar-refractivity contribution in [1.82, 2.24) is 5.32 Å². The predicted octanol–water partition coefficient (Wildman–Crippen LogP) is 3.60. The van der Waals surface area contributed by atoms with Crippen LogP contribution in [-0.2, 0) is 0 Å². The molecule has 1 aromatic carbocycles. The van der Waals surface area contributed by atoms with Gasteiger partial charge < -0.3 is 10.2 Å². The van der Waals surface area contributed by atoms with Gasteiger partial charge in [-0.15, -0.1) is 0 Å². The third-order valence-electron chi connectivity index (χ3n) is 3.24. The van der Waals surface area contributed by atoms with Gasteiger partial charge in [0.25, 0.3) is 0 Å². The molecule has 0 fully saturated rings. The van der Waals surface area contributed by atoms with Crippen LogP contribution in [0.15, 0.2) is 24.3 Å². The van der Waals surface area contributed by atoms with E-state index in [1.165, 1.54) is 30.5 Å². The van der Waals surface area contributed by atoms with Gasteiger partial charge >= 0.3 is 0 Å². The number of anilines is 1. The van der Waals surface area contributed by atoms with Gasteiger partial charge in [-0.1, -0.05) is 24.6 Å². The first-order valence-corrected chi connectivity index (χ1v) is 7.30. The average Bonchev–Trinajstić information content (AvgIpc) is 2.39. The molecule has 2 heteroatoms. The Kier molecular flexibility index (Phi) is 7.51. The number of nitrogens with one attached hydrogen (secondary N) is 1. The molecule has 0 heterocycles. The summed E-state index contributed by atoms with van der Waals surface area (Å²) in [5.74, 6) is 0. The van der Waals surface area contributed by atoms with E-state index in [0.717, 1.165) is 26.2 Å². The van der Waals surface area contributed by atoms with Gasteiger partial charge in [0.15, 0.2) is 0 Å². The SMILES string of the molecule is CCCNCCCCN(CC)c1ccc(C)cc1. The average molecular weight is 248 g/mol. The van der Waals surface area contributed by atoms with Crippen LogP contribution in [0.3, 0.4) is 0 Å². The van der Waals surface area contributed by atoms with Crippen LogP contribution in [0.2, 0.25) is 0 Å². The maximum Gasteiger partial charge on any atom is 0.0366 e. The highest BCUT2D eigenvalue weighted by Gasteiger charge is 2.02. The van der Waals surface area contributed by atoms with Crippen molar-refractivity contribution in [2.45, 2.75) is 40.0 Å². The Balaban J connectivity index is 2.27. The van der Waals surface area contributed by atoms with E-state index in [-0.39, 0.29) is 0 Å². The molecular weight excluding hydrogens is 220 g/mol. The first kappa shape index (κ1) is 15.0. The summed E-state index contributed by atoms with van der Waals surface area (Å²) < 4.78 is 0. The number of hydrogen-bond acceptors (Lipinski definition) is 2. The number of aryl methyl sites for hydroxylation is 1. The first-order valence-electron chi connectivity index (χ1n) is 7.30. The Labute approximate surface area is 112 Å². The van der Waals surface area contributed by atoms with Crippen LogP contribution < -0.4 is 10.2 Å². The zero-order valence-electron chi connectivity index (χ0n) is 12.2. The maximum absolute atomic E-state index is 3.46. The lowest BCUT2D eigenvalue weighted by Crippen LogP contribution is -2.25. The highest BCUT2D eigenvalue weighted by molar-refractivity contribution is 5.47. The number of hydrogen-bond donors (Lipinski definition) is 1. The largest absolute Gasteiger partial charge is 0.372 e. The summed E-state index contributed by atoms with van der Waals surface area (Å²) in [5.41, 5.74) is 2.68. The Bertz CT molecular complexity index is 305. The van der Waals surface area contributed by atoms with E-state index in [2.05, 4.69) is 55.3 Å². The molecule has 0 aliphatic rings. The molecule has 0 saturated heterocycles. The van der Waals surface area contributed by atoms with Crippen molar-refractivity contribution >= 4 is 5.69 Å². The topological polar surface area (TPSA) is 15.3 Å². The van der Waals surface area contributed by atoms with Crippen molar-refractivity contribution in [3.8, 4) is 0 Å². The highest BCUT2D eigenvalue weighted by atomic mass is 15.1. The molecule has 1 aromatic rings. The second-order valence-corrected chi connectivity index (χ2v) is 4.87. The van der Waals surface area contributed by atoms with Gasteiger partial charge in [-0.2, -0.15) is 0 Å². The third kappa shape index (κ3) is 5.54. The molecular formula is C16H28N2. The fraction of sp³-hybridized carbons (Fsp3) is 0.625. The van der Waals surface area contributed by atoms with Gasteiger partial charge in [0.1, 0.15) is 0 Å². The van der Waals surface area contributed by atoms with Crippen LogP contribution in [0, 0.1) is 6.92 Å². The summed E-state index contributed by atoms with van der Waals surface area (Å²) in [6, 6.07) is 8.85. The molecule has 0 bridgehead atoms. The molecule has 2 nitrogen and oxygen atoms in total. The highest BCUT2D eigenvalue weighted by Crippen LogP contribution is 2.15. The van der Waals surface area contributed by atoms with E-state index in [1.54, 1.807) is 0 Å². The van der Waals surface area contributed by atoms with E-state index in [1.807, 2.05) is 0 Å². The Morgan fingerprint density at radius 3 is 2.33 bits per heavy atom. The summed E-state index contributed by atoms with van der Waals surface area (Å²) in [7, 11) is 0. The van der Waals surface area contributed by atoms with Gasteiger partial charge in [0, 0.05) is 18.8 Å². The molecule has 0 unspecified atom stereocenters. The standard InChI is InChI=1S/C16H28N2/c1-4-12-17-13-6-7-14-18(5-2)16-10-8-15(3)9-11-16/h8-11,17H,4-7,12-14H2,1-3H3. The predicted molar refractivity (Wildman–Crippen MR) is 81.5 cm³/mol. The van der Waals surface area contributed by atoms with Gasteiger partial charge in [0.05, 0.1) is 0 Å². The summed E-state index contributed by atoms with van der Waals surface area (Å²) in [6.45, 7) is 11.1. The molecule has 102 valence electrons. The lowest BCUT2D eigenvalue weighted by Gasteiger charge is -2.23. The van der Waals surface area contributed by atoms with Crippen LogP contribution in [-0.4, -0.2) is 26.2 Å². The molecule has 0 spiro atoms. The van der Waals surface area contributed by atoms with Gasteiger partial charge in [-0.25, -0.2) is 0 Å². The van der Waals surface area contributed by atoms with Crippen LogP contribution in [0.1, 0.15) is 38.7 Å². The van der Waals surface area contributed by atoms with E-state index in [4.69, 9.17) is 0 Å². The Morgan fingerprint density at radius 1 is 1.00 bits per heavy atom. The minimum absolute atomic E-state index is 1.09. The van der Waals surface area contributed by atoms with E-state index in [0.29, 0.717) is 0 Å². The van der Waals surface area contributed by atoms with Crippen LogP contribution in [0.4, 0.5) is 5.69 Å². The molecule has 0 amide bonds. The number of benzene rings is 1. The molecule has 0 radical (unpaired) electrons. The van der Waals surface area contributed by atoms with Crippen molar-refractivity contribution in [3.05, 3.63) is 29.8 Å². The van der Waals surface area contributed by atoms with Crippen molar-refractivity contribution in [1.29, 1.82) is 0 Å². The van der Waals surface area contributed by atoms with Crippen LogP contribution >= 0.6 is 0 Å². The minimum atomic E-state index is 1.09. The molecule has 0 aromatic heterocycles. The monoisotopic (exact) mass is 248 g/mol. The van der Waals surface area contributed by atoms with Crippen molar-refractivity contribution < 1.29 is 0 Å². The molecule has 0 atom stereocenters. The van der Waals surface area contributed by atoms with Crippen molar-refractivity contribution in [2.75, 3.05) is 31.1 Å². The molecule has 18 heavy (non-hydrogen) atoms. The van der Waals surface area contributed by atoms with Crippen LogP contribution in [0.25, 0.3) is 0 Å². The Hall–Kier alpha value is -1.02. The molecule has 0 saturated carbocycles. The lowest BCUT2D eigenvalue weighted by molar-refractivity contribution is 0.610. The van der Waals surface area contributed by atoms with E-state index >= 15 is 0 Å². The zero-order chi connectivity index (χ0) is 13.2. The smallest absolute Gasteiger partial charge is 0.0366 e. The summed E-state index contributed by atoms with van der Waals surface area (Å²) in [5, 5.41) is 3.46. The Morgan fingerprint density at radius 2 is 1.72 bits per heavy atom. The number of unbranched alkanes of at least 4 members (excludes halogenated alkanes) is 1. The van der Waals surface area contributed by atoms with E-state index in [9.17, 15) is 0 Å². The van der Waals surface area contributed by atoms with Gasteiger partial charge in [0.2, 0.25) is 0 Å². The second-order valence-electron chi connectivity index (χ2n) is 4.87.